The fourth-order valence-electron chi connectivity index (χ4n) is 2.69. The predicted octanol–water partition coefficient (Wildman–Crippen LogP) is -3.55. The smallest absolute Gasteiger partial charge is 0.338 e. The van der Waals surface area contributed by atoms with Crippen LogP contribution >= 0.6 is 0 Å². The molecular formula is C18H26O12. The van der Waals surface area contributed by atoms with Crippen LogP contribution in [0.3, 0.4) is 0 Å². The van der Waals surface area contributed by atoms with Crippen molar-refractivity contribution in [3.8, 4) is 5.75 Å². The van der Waals surface area contributed by atoms with E-state index in [4.69, 9.17) is 19.3 Å². The maximum absolute atomic E-state index is 12.0. The third kappa shape index (κ3) is 6.07. The summed E-state index contributed by atoms with van der Waals surface area (Å²) in [7, 11) is 0. The van der Waals surface area contributed by atoms with Crippen LogP contribution in [0.25, 0.3) is 0 Å². The molecule has 2 rings (SSSR count). The van der Waals surface area contributed by atoms with Gasteiger partial charge in [-0.1, -0.05) is 0 Å². The number of carbonyl (C=O) groups excluding carboxylic acids is 1. The fraction of sp³-hybridized carbons (Fsp3) is 0.611. The summed E-state index contributed by atoms with van der Waals surface area (Å²) in [6, 6.07) is 5.18. The molecule has 0 aromatic heterocycles. The van der Waals surface area contributed by atoms with Crippen molar-refractivity contribution in [2.45, 2.75) is 49.0 Å². The van der Waals surface area contributed by atoms with Crippen molar-refractivity contribution >= 4 is 5.97 Å². The van der Waals surface area contributed by atoms with E-state index in [1.54, 1.807) is 0 Å². The maximum atomic E-state index is 12.0. The first-order valence-electron chi connectivity index (χ1n) is 9.08. The summed E-state index contributed by atoms with van der Waals surface area (Å²) in [6.45, 7) is -1.97. The molecule has 1 fully saturated rings. The highest BCUT2D eigenvalue weighted by Crippen LogP contribution is 2.23. The first kappa shape index (κ1) is 24.4. The van der Waals surface area contributed by atoms with Crippen molar-refractivity contribution in [1.29, 1.82) is 0 Å². The second kappa shape index (κ2) is 10.9. The number of aliphatic hydroxyl groups excluding tert-OH is 7. The molecule has 170 valence electrons. The summed E-state index contributed by atoms with van der Waals surface area (Å²) in [5.74, 6) is -0.839. The van der Waals surface area contributed by atoms with E-state index >= 15 is 0 Å². The number of esters is 1. The van der Waals surface area contributed by atoms with Gasteiger partial charge in [-0.3, -0.25) is 0 Å². The van der Waals surface area contributed by atoms with Gasteiger partial charge in [0, 0.05) is 0 Å². The molecule has 30 heavy (non-hydrogen) atoms. The molecule has 0 aliphatic carbocycles. The number of phenols is 1. The lowest BCUT2D eigenvalue weighted by atomic mass is 9.99. The molecule has 0 amide bonds. The molecule has 0 saturated carbocycles. The number of aliphatic hydroxyl groups is 7. The second-order valence-electron chi connectivity index (χ2n) is 6.80. The first-order valence-corrected chi connectivity index (χ1v) is 9.08. The van der Waals surface area contributed by atoms with E-state index < -0.39 is 74.8 Å². The van der Waals surface area contributed by atoms with Crippen molar-refractivity contribution in [2.24, 2.45) is 0 Å². The Labute approximate surface area is 171 Å². The van der Waals surface area contributed by atoms with E-state index in [1.807, 2.05) is 0 Å². The van der Waals surface area contributed by atoms with Crippen LogP contribution in [0.2, 0.25) is 0 Å². The zero-order valence-electron chi connectivity index (χ0n) is 15.8. The number of phenolic OH excluding ortho intramolecular Hbond substituents is 1. The Morgan fingerprint density at radius 1 is 1.00 bits per heavy atom. The highest BCUT2D eigenvalue weighted by atomic mass is 16.7. The van der Waals surface area contributed by atoms with Crippen LogP contribution in [0.1, 0.15) is 10.4 Å². The second-order valence-corrected chi connectivity index (χ2v) is 6.80. The highest BCUT2D eigenvalue weighted by Gasteiger charge is 2.45. The quantitative estimate of drug-likeness (QED) is 0.178. The molecule has 3 unspecified atom stereocenters. The van der Waals surface area contributed by atoms with Crippen LogP contribution in [-0.4, -0.2) is 116 Å². The highest BCUT2D eigenvalue weighted by molar-refractivity contribution is 5.89. The minimum Gasteiger partial charge on any atom is -0.508 e. The summed E-state index contributed by atoms with van der Waals surface area (Å²) in [4.78, 5) is 12.0. The molecule has 1 saturated heterocycles. The molecule has 12 heteroatoms. The average Bonchev–Trinajstić information content (AvgIpc) is 2.75. The van der Waals surface area contributed by atoms with Gasteiger partial charge in [0.15, 0.2) is 6.29 Å². The van der Waals surface area contributed by atoms with E-state index in [9.17, 15) is 40.5 Å². The van der Waals surface area contributed by atoms with Crippen LogP contribution < -0.4 is 0 Å². The van der Waals surface area contributed by atoms with E-state index in [0.29, 0.717) is 0 Å². The van der Waals surface area contributed by atoms with Gasteiger partial charge in [-0.05, 0) is 24.3 Å². The van der Waals surface area contributed by atoms with Gasteiger partial charge in [-0.25, -0.2) is 4.79 Å². The summed E-state index contributed by atoms with van der Waals surface area (Å²) in [5, 5.41) is 76.7. The largest absolute Gasteiger partial charge is 0.508 e. The molecule has 1 aliphatic rings. The van der Waals surface area contributed by atoms with Gasteiger partial charge in [0.1, 0.15) is 55.1 Å². The van der Waals surface area contributed by atoms with Gasteiger partial charge >= 0.3 is 5.97 Å². The number of hydrogen-bond donors (Lipinski definition) is 8. The lowest BCUT2D eigenvalue weighted by Crippen LogP contribution is -2.60. The average molecular weight is 434 g/mol. The number of ether oxygens (including phenoxy) is 3. The molecule has 0 radical (unpaired) electrons. The van der Waals surface area contributed by atoms with Gasteiger partial charge in [0.25, 0.3) is 0 Å². The summed E-state index contributed by atoms with van der Waals surface area (Å²) < 4.78 is 15.4. The van der Waals surface area contributed by atoms with Crippen LogP contribution in [0.15, 0.2) is 24.3 Å². The first-order chi connectivity index (χ1) is 14.1. The molecule has 8 N–H and O–H groups in total. The van der Waals surface area contributed by atoms with E-state index in [1.165, 1.54) is 24.3 Å². The van der Waals surface area contributed by atoms with Crippen molar-refractivity contribution in [3.05, 3.63) is 29.8 Å². The fourth-order valence-corrected chi connectivity index (χ4v) is 2.69. The van der Waals surface area contributed by atoms with Gasteiger partial charge in [-0.15, -0.1) is 0 Å². The molecule has 1 aliphatic heterocycles. The van der Waals surface area contributed by atoms with Crippen molar-refractivity contribution in [3.63, 3.8) is 0 Å². The number of carbonyl (C=O) groups is 1. The maximum Gasteiger partial charge on any atom is 0.338 e. The van der Waals surface area contributed by atoms with Gasteiger partial charge in [0.05, 0.1) is 18.8 Å². The normalized spacial score (nSPS) is 29.8. The van der Waals surface area contributed by atoms with E-state index in [-0.39, 0.29) is 11.3 Å². The molecule has 1 heterocycles. The van der Waals surface area contributed by atoms with Gasteiger partial charge in [-0.2, -0.15) is 0 Å². The Bertz CT molecular complexity index is 668. The van der Waals surface area contributed by atoms with Gasteiger partial charge < -0.3 is 55.1 Å². The third-order valence-electron chi connectivity index (χ3n) is 4.56. The van der Waals surface area contributed by atoms with Crippen LogP contribution in [0.4, 0.5) is 0 Å². The number of aromatic hydroxyl groups is 1. The third-order valence-corrected chi connectivity index (χ3v) is 4.56. The number of benzene rings is 1. The molecule has 0 bridgehead atoms. The zero-order chi connectivity index (χ0) is 22.4. The van der Waals surface area contributed by atoms with E-state index in [0.717, 1.165) is 0 Å². The lowest BCUT2D eigenvalue weighted by molar-refractivity contribution is -0.306. The summed E-state index contributed by atoms with van der Waals surface area (Å²) >= 11 is 0. The Balaban J connectivity index is 1.93. The number of rotatable bonds is 9. The lowest BCUT2D eigenvalue weighted by Gasteiger charge is -2.40. The SMILES string of the molecule is O=C(OC[C@H]1O[C@@H](OCC(O)C(O)C(O)CO)[C@H](O)[C@@H](O)[C@@H]1O)c1ccc(O)cc1. The van der Waals surface area contributed by atoms with Crippen molar-refractivity contribution in [2.75, 3.05) is 19.8 Å². The molecule has 1 aromatic rings. The molecule has 8 atom stereocenters. The van der Waals surface area contributed by atoms with Gasteiger partial charge in [0.2, 0.25) is 0 Å². The molecule has 12 nitrogen and oxygen atoms in total. The predicted molar refractivity (Wildman–Crippen MR) is 96.1 cm³/mol. The zero-order valence-corrected chi connectivity index (χ0v) is 15.8. The minimum absolute atomic E-state index is 0.0477. The summed E-state index contributed by atoms with van der Waals surface area (Å²) in [6.07, 6.45) is -13.0. The monoisotopic (exact) mass is 434 g/mol. The standard InChI is InChI=1S/C18H26O12/c19-5-10(21)13(23)11(22)6-29-18-16(26)15(25)14(24)12(30-18)7-28-17(27)8-1-3-9(20)4-2-8/h1-4,10-16,18-26H,5-7H2/t10?,11?,12-,13?,14-,15+,16-,18-/m1/s1. The van der Waals surface area contributed by atoms with Crippen LogP contribution in [-0.2, 0) is 14.2 Å². The van der Waals surface area contributed by atoms with Crippen LogP contribution in [0, 0.1) is 0 Å². The molecule has 0 spiro atoms. The topological polar surface area (TPSA) is 207 Å². The Kier molecular flexibility index (Phi) is 8.91. The van der Waals surface area contributed by atoms with Crippen LogP contribution in [0.5, 0.6) is 5.75 Å². The minimum atomic E-state index is -1.74. The Morgan fingerprint density at radius 2 is 1.63 bits per heavy atom. The Morgan fingerprint density at radius 3 is 2.23 bits per heavy atom. The van der Waals surface area contributed by atoms with Crippen molar-refractivity contribution in [1.82, 2.24) is 0 Å². The van der Waals surface area contributed by atoms with Crippen molar-refractivity contribution < 1.29 is 59.9 Å². The number of hydrogen-bond acceptors (Lipinski definition) is 12. The Hall–Kier alpha value is -1.87. The van der Waals surface area contributed by atoms with E-state index in [2.05, 4.69) is 0 Å². The molecular weight excluding hydrogens is 408 g/mol. The molecule has 1 aromatic carbocycles. The summed E-state index contributed by atoms with van der Waals surface area (Å²) in [5.41, 5.74) is 0.117.